The number of hydrogen-bond acceptors (Lipinski definition) is 9. The van der Waals surface area contributed by atoms with E-state index in [1.807, 2.05) is 6.19 Å². The van der Waals surface area contributed by atoms with E-state index in [1.165, 1.54) is 39.5 Å². The fourth-order valence-corrected chi connectivity index (χ4v) is 3.89. The molecule has 0 saturated heterocycles. The Morgan fingerprint density at radius 2 is 1.94 bits per heavy atom. The van der Waals surface area contributed by atoms with Crippen molar-refractivity contribution >= 4 is 17.3 Å². The number of rotatable bonds is 7. The molecule has 2 aromatic rings. The first-order valence-electron chi connectivity index (χ1n) is 10.1. The molecular weight excluding hydrogens is 446 g/mol. The summed E-state index contributed by atoms with van der Waals surface area (Å²) in [4.78, 5) is 16.1. The topological polar surface area (TPSA) is 166 Å². The first-order chi connectivity index (χ1) is 16.2. The molecule has 12 nitrogen and oxygen atoms in total. The molecule has 180 valence electrons. The van der Waals surface area contributed by atoms with Gasteiger partial charge in [0.05, 0.1) is 17.7 Å². The second-order valence-corrected chi connectivity index (χ2v) is 7.60. The highest BCUT2D eigenvalue weighted by Crippen LogP contribution is 2.46. The number of guanidine groups is 1. The zero-order valence-electron chi connectivity index (χ0n) is 19.0. The summed E-state index contributed by atoms with van der Waals surface area (Å²) >= 11 is 0. The van der Waals surface area contributed by atoms with Gasteiger partial charge in [0.15, 0.2) is 18.1 Å². The van der Waals surface area contributed by atoms with Crippen LogP contribution in [0.25, 0.3) is 0 Å². The van der Waals surface area contributed by atoms with E-state index in [0.29, 0.717) is 11.4 Å². The number of nitrogens with zero attached hydrogens (tertiary/aromatic N) is 4. The Balaban J connectivity index is 2.14. The van der Waals surface area contributed by atoms with Crippen LogP contribution in [0.2, 0.25) is 0 Å². The van der Waals surface area contributed by atoms with E-state index in [-0.39, 0.29) is 23.0 Å². The van der Waals surface area contributed by atoms with Crippen LogP contribution in [0.4, 0.5) is 11.4 Å². The van der Waals surface area contributed by atoms with Gasteiger partial charge in [-0.05, 0) is 37.3 Å². The number of nitriles is 1. The van der Waals surface area contributed by atoms with Crippen molar-refractivity contribution in [3.63, 3.8) is 0 Å². The van der Waals surface area contributed by atoms with Crippen molar-refractivity contribution in [3.05, 3.63) is 58.1 Å². The van der Waals surface area contributed by atoms with Crippen LogP contribution in [0.5, 0.6) is 11.5 Å². The van der Waals surface area contributed by atoms with Crippen LogP contribution in [0, 0.1) is 21.6 Å². The van der Waals surface area contributed by atoms with Crippen molar-refractivity contribution < 1.29 is 29.0 Å². The normalized spacial score (nSPS) is 21.9. The standard InChI is InChI=1S/C22H25N5O7/c1-22(20(32-3)33-4)19(28)18(16-11-14(27(29)30)7-10-17(16)34-22)26(12-23)21(24)25-13-5-8-15(31-2)9-6-13/h5-11,18-20,28H,1-4H3,(H2,24,25). The molecule has 3 N–H and O–H groups in total. The highest BCUT2D eigenvalue weighted by atomic mass is 16.7. The maximum Gasteiger partial charge on any atom is 0.270 e. The second-order valence-electron chi connectivity index (χ2n) is 7.60. The number of ether oxygens (including phenoxy) is 4. The maximum absolute atomic E-state index is 11.4. The molecule has 1 aliphatic rings. The smallest absolute Gasteiger partial charge is 0.270 e. The lowest BCUT2D eigenvalue weighted by Crippen LogP contribution is -2.62. The Hall–Kier alpha value is -3.92. The Morgan fingerprint density at radius 3 is 2.47 bits per heavy atom. The summed E-state index contributed by atoms with van der Waals surface area (Å²) in [6, 6.07) is 9.28. The van der Waals surface area contributed by atoms with Gasteiger partial charge < -0.3 is 29.8 Å². The number of methoxy groups -OCH3 is 3. The molecule has 0 fully saturated rings. The van der Waals surface area contributed by atoms with Gasteiger partial charge in [-0.3, -0.25) is 10.1 Å². The molecule has 0 aliphatic carbocycles. The van der Waals surface area contributed by atoms with Crippen LogP contribution < -0.4 is 15.2 Å². The number of hydrogen-bond donors (Lipinski definition) is 2. The number of nitrogens with two attached hydrogens (primary N) is 1. The molecule has 0 saturated carbocycles. The highest BCUT2D eigenvalue weighted by Gasteiger charge is 2.54. The lowest BCUT2D eigenvalue weighted by atomic mass is 9.83. The van der Waals surface area contributed by atoms with Gasteiger partial charge in [-0.2, -0.15) is 5.26 Å². The number of nitro groups is 1. The Labute approximate surface area is 195 Å². The van der Waals surface area contributed by atoms with Crippen LogP contribution in [0.15, 0.2) is 47.5 Å². The lowest BCUT2D eigenvalue weighted by molar-refractivity contribution is -0.385. The number of aliphatic hydroxyl groups is 1. The number of aliphatic hydroxyl groups excluding tert-OH is 1. The SMILES string of the molecule is COc1ccc(N=C(N)N(C#N)C2c3cc([N+](=O)[O-])ccc3OC(C)(C(OC)OC)C2O)cc1. The third-order valence-electron chi connectivity index (χ3n) is 5.58. The fraction of sp³-hybridized carbons (Fsp3) is 0.364. The lowest BCUT2D eigenvalue weighted by Gasteiger charge is -2.47. The molecule has 1 heterocycles. The van der Waals surface area contributed by atoms with Crippen molar-refractivity contribution in [2.45, 2.75) is 31.0 Å². The van der Waals surface area contributed by atoms with Crippen LogP contribution in [0.3, 0.4) is 0 Å². The maximum atomic E-state index is 11.4. The average Bonchev–Trinajstić information content (AvgIpc) is 2.82. The van der Waals surface area contributed by atoms with Gasteiger partial charge in [0, 0.05) is 31.9 Å². The highest BCUT2D eigenvalue weighted by molar-refractivity contribution is 5.83. The van der Waals surface area contributed by atoms with Crippen molar-refractivity contribution in [2.24, 2.45) is 10.7 Å². The minimum absolute atomic E-state index is 0.180. The van der Waals surface area contributed by atoms with Crippen LogP contribution in [-0.2, 0) is 9.47 Å². The minimum Gasteiger partial charge on any atom is -0.497 e. The quantitative estimate of drug-likeness (QED) is 0.116. The molecule has 0 aromatic heterocycles. The van der Waals surface area contributed by atoms with Crippen molar-refractivity contribution in [1.29, 1.82) is 5.26 Å². The zero-order chi connectivity index (χ0) is 25.0. The Morgan fingerprint density at radius 1 is 1.29 bits per heavy atom. The summed E-state index contributed by atoms with van der Waals surface area (Å²) in [6.07, 6.45) is -0.590. The predicted octanol–water partition coefficient (Wildman–Crippen LogP) is 2.20. The van der Waals surface area contributed by atoms with Crippen molar-refractivity contribution in [2.75, 3.05) is 21.3 Å². The van der Waals surface area contributed by atoms with Gasteiger partial charge in [0.2, 0.25) is 5.96 Å². The van der Waals surface area contributed by atoms with Crippen LogP contribution in [0.1, 0.15) is 18.5 Å². The van der Waals surface area contributed by atoms with Gasteiger partial charge in [0.1, 0.15) is 23.6 Å². The van der Waals surface area contributed by atoms with Gasteiger partial charge in [0.25, 0.3) is 5.69 Å². The number of nitro benzene ring substituents is 1. The largest absolute Gasteiger partial charge is 0.497 e. The summed E-state index contributed by atoms with van der Waals surface area (Å²) < 4.78 is 21.8. The molecule has 34 heavy (non-hydrogen) atoms. The summed E-state index contributed by atoms with van der Waals surface area (Å²) in [5, 5.41) is 32.8. The van der Waals surface area contributed by atoms with E-state index in [0.717, 1.165) is 4.90 Å². The monoisotopic (exact) mass is 471 g/mol. The molecule has 1 aliphatic heterocycles. The molecule has 0 radical (unpaired) electrons. The Bertz CT molecular complexity index is 1110. The summed E-state index contributed by atoms with van der Waals surface area (Å²) in [6.45, 7) is 1.54. The van der Waals surface area contributed by atoms with E-state index >= 15 is 0 Å². The molecule has 0 bridgehead atoms. The van der Waals surface area contributed by atoms with Crippen molar-refractivity contribution in [3.8, 4) is 17.7 Å². The molecule has 3 atom stereocenters. The van der Waals surface area contributed by atoms with Crippen molar-refractivity contribution in [1.82, 2.24) is 4.90 Å². The first kappa shape index (κ1) is 24.7. The molecule has 3 unspecified atom stereocenters. The number of fused-ring (bicyclic) bond motifs is 1. The van der Waals surface area contributed by atoms with E-state index < -0.39 is 29.0 Å². The first-order valence-corrected chi connectivity index (χ1v) is 10.1. The predicted molar refractivity (Wildman–Crippen MR) is 120 cm³/mol. The van der Waals surface area contributed by atoms with E-state index in [9.17, 15) is 20.5 Å². The van der Waals surface area contributed by atoms with Gasteiger partial charge in [-0.1, -0.05) is 0 Å². The van der Waals surface area contributed by atoms with Crippen LogP contribution in [-0.4, -0.2) is 60.2 Å². The molecular formula is C22H25N5O7. The third-order valence-corrected chi connectivity index (χ3v) is 5.58. The van der Waals surface area contributed by atoms with E-state index in [1.54, 1.807) is 31.2 Å². The molecule has 0 spiro atoms. The Kier molecular flexibility index (Phi) is 7.21. The molecule has 3 rings (SSSR count). The number of non-ortho nitro benzene ring substituents is 1. The summed E-state index contributed by atoms with van der Waals surface area (Å²) in [7, 11) is 4.27. The fourth-order valence-electron chi connectivity index (χ4n) is 3.89. The van der Waals surface area contributed by atoms with Gasteiger partial charge in [-0.25, -0.2) is 9.89 Å². The van der Waals surface area contributed by atoms with E-state index in [2.05, 4.69) is 4.99 Å². The average molecular weight is 471 g/mol. The summed E-state index contributed by atoms with van der Waals surface area (Å²) in [5.74, 6) is 0.557. The molecule has 0 amide bonds. The van der Waals surface area contributed by atoms with E-state index in [4.69, 9.17) is 24.7 Å². The van der Waals surface area contributed by atoms with Gasteiger partial charge in [-0.15, -0.1) is 0 Å². The zero-order valence-corrected chi connectivity index (χ0v) is 19.0. The second kappa shape index (κ2) is 9.92. The van der Waals surface area contributed by atoms with Gasteiger partial charge >= 0.3 is 0 Å². The third kappa shape index (κ3) is 4.44. The summed E-state index contributed by atoms with van der Waals surface area (Å²) in [5.41, 5.74) is 5.03. The minimum atomic E-state index is -1.51. The number of aliphatic imine (C=N–C) groups is 1. The molecule has 12 heteroatoms. The van der Waals surface area contributed by atoms with Crippen LogP contribution >= 0.6 is 0 Å². The molecule has 2 aromatic carbocycles. The number of benzene rings is 2.